The molecule has 0 saturated carbocycles. The molecule has 1 amide bonds. The van der Waals surface area contributed by atoms with Gasteiger partial charge < -0.3 is 20.5 Å². The van der Waals surface area contributed by atoms with Crippen molar-refractivity contribution in [2.75, 3.05) is 32.6 Å². The maximum Gasteiger partial charge on any atom is 0.255 e. The lowest BCUT2D eigenvalue weighted by Crippen LogP contribution is -2.26. The van der Waals surface area contributed by atoms with Crippen LogP contribution in [0, 0.1) is 0 Å². The van der Waals surface area contributed by atoms with Gasteiger partial charge in [-0.05, 0) is 24.5 Å². The number of nitrogen functional groups attached to an aromatic ring is 1. The highest BCUT2D eigenvalue weighted by Gasteiger charge is 2.14. The summed E-state index contributed by atoms with van der Waals surface area (Å²) in [6.45, 7) is 1.77. The SMILES string of the molecule is COc1cc(N)c(Cl)cc1C(=O)NCCCOCCc1ccccc1.Cl. The summed E-state index contributed by atoms with van der Waals surface area (Å²) in [5.41, 5.74) is 7.71. The molecular weight excluding hydrogens is 375 g/mol. The molecular formula is C19H24Cl2N2O3. The minimum atomic E-state index is -0.247. The molecule has 0 radical (unpaired) electrons. The van der Waals surface area contributed by atoms with Gasteiger partial charge in [0.2, 0.25) is 0 Å². The molecule has 2 rings (SSSR count). The Labute approximate surface area is 165 Å². The van der Waals surface area contributed by atoms with Crippen LogP contribution in [0.5, 0.6) is 5.75 Å². The van der Waals surface area contributed by atoms with Crippen molar-refractivity contribution < 1.29 is 14.3 Å². The molecule has 0 aliphatic heterocycles. The highest BCUT2D eigenvalue weighted by molar-refractivity contribution is 6.33. The molecule has 0 spiro atoms. The van der Waals surface area contributed by atoms with Gasteiger partial charge in [-0.2, -0.15) is 0 Å². The molecule has 2 aromatic rings. The van der Waals surface area contributed by atoms with Crippen LogP contribution in [0.25, 0.3) is 0 Å². The number of benzene rings is 2. The van der Waals surface area contributed by atoms with E-state index in [4.69, 9.17) is 26.8 Å². The lowest BCUT2D eigenvalue weighted by Gasteiger charge is -2.11. The highest BCUT2D eigenvalue weighted by atomic mass is 35.5. The van der Waals surface area contributed by atoms with Gasteiger partial charge in [0.1, 0.15) is 5.75 Å². The zero-order chi connectivity index (χ0) is 18.1. The predicted octanol–water partition coefficient (Wildman–Crippen LogP) is 3.73. The monoisotopic (exact) mass is 398 g/mol. The van der Waals surface area contributed by atoms with E-state index in [9.17, 15) is 4.79 Å². The summed E-state index contributed by atoms with van der Waals surface area (Å²) < 4.78 is 10.8. The number of ether oxygens (including phenoxy) is 2. The van der Waals surface area contributed by atoms with Gasteiger partial charge in [0, 0.05) is 19.2 Å². The normalized spacial score (nSPS) is 10.1. The molecule has 26 heavy (non-hydrogen) atoms. The Hall–Kier alpha value is -1.95. The fraction of sp³-hybridized carbons (Fsp3) is 0.316. The van der Waals surface area contributed by atoms with E-state index < -0.39 is 0 Å². The Morgan fingerprint density at radius 3 is 2.62 bits per heavy atom. The van der Waals surface area contributed by atoms with E-state index >= 15 is 0 Å². The van der Waals surface area contributed by atoms with Gasteiger partial charge in [0.05, 0.1) is 30.0 Å². The van der Waals surface area contributed by atoms with E-state index in [1.807, 2.05) is 18.2 Å². The van der Waals surface area contributed by atoms with Gasteiger partial charge in [-0.15, -0.1) is 12.4 Å². The average Bonchev–Trinajstić information content (AvgIpc) is 2.63. The quantitative estimate of drug-likeness (QED) is 0.498. The average molecular weight is 399 g/mol. The van der Waals surface area contributed by atoms with Crippen LogP contribution in [-0.4, -0.2) is 32.8 Å². The number of nitrogens with one attached hydrogen (secondary N) is 1. The molecule has 142 valence electrons. The molecule has 0 unspecified atom stereocenters. The van der Waals surface area contributed by atoms with E-state index in [1.54, 1.807) is 6.07 Å². The summed E-state index contributed by atoms with van der Waals surface area (Å²) >= 11 is 5.98. The Bertz CT molecular complexity index is 697. The Morgan fingerprint density at radius 2 is 1.92 bits per heavy atom. The van der Waals surface area contributed by atoms with E-state index in [1.165, 1.54) is 18.7 Å². The number of anilines is 1. The molecule has 0 fully saturated rings. The lowest BCUT2D eigenvalue weighted by molar-refractivity contribution is 0.0939. The van der Waals surface area contributed by atoms with Crippen molar-refractivity contribution in [2.24, 2.45) is 0 Å². The molecule has 0 aliphatic carbocycles. The minimum Gasteiger partial charge on any atom is -0.496 e. The number of hydrogen-bond acceptors (Lipinski definition) is 4. The first-order valence-electron chi connectivity index (χ1n) is 8.14. The Kier molecular flexibility index (Phi) is 9.88. The van der Waals surface area contributed by atoms with Crippen LogP contribution in [-0.2, 0) is 11.2 Å². The van der Waals surface area contributed by atoms with Gasteiger partial charge in [-0.3, -0.25) is 4.79 Å². The zero-order valence-electron chi connectivity index (χ0n) is 14.7. The van der Waals surface area contributed by atoms with Gasteiger partial charge in [0.25, 0.3) is 5.91 Å². The standard InChI is InChI=1S/C19H23ClN2O3.ClH/c1-24-18-13-17(21)16(20)12-15(18)19(23)22-9-5-10-25-11-8-14-6-3-2-4-7-14;/h2-4,6-7,12-13H,5,8-11,21H2,1H3,(H,22,23);1H. The van der Waals surface area contributed by atoms with E-state index in [0.717, 1.165) is 12.8 Å². The van der Waals surface area contributed by atoms with Crippen LogP contribution in [0.3, 0.4) is 0 Å². The van der Waals surface area contributed by atoms with Crippen molar-refractivity contribution in [3.63, 3.8) is 0 Å². The van der Waals surface area contributed by atoms with Gasteiger partial charge in [0.15, 0.2) is 0 Å². The predicted molar refractivity (Wildman–Crippen MR) is 108 cm³/mol. The first kappa shape index (κ1) is 22.1. The van der Waals surface area contributed by atoms with E-state index in [0.29, 0.717) is 41.8 Å². The highest BCUT2D eigenvalue weighted by Crippen LogP contribution is 2.28. The number of rotatable bonds is 9. The zero-order valence-corrected chi connectivity index (χ0v) is 16.2. The van der Waals surface area contributed by atoms with Crippen LogP contribution in [0.1, 0.15) is 22.3 Å². The third-order valence-electron chi connectivity index (χ3n) is 3.69. The van der Waals surface area contributed by atoms with Crippen molar-refractivity contribution in [3.05, 3.63) is 58.6 Å². The second kappa shape index (κ2) is 11.6. The summed E-state index contributed by atoms with van der Waals surface area (Å²) in [4.78, 5) is 12.2. The summed E-state index contributed by atoms with van der Waals surface area (Å²) in [5.74, 6) is 0.154. The number of carbonyl (C=O) groups is 1. The number of hydrogen-bond donors (Lipinski definition) is 2. The number of methoxy groups -OCH3 is 1. The number of amides is 1. The summed E-state index contributed by atoms with van der Waals surface area (Å²) in [6.07, 6.45) is 1.61. The van der Waals surface area contributed by atoms with Crippen LogP contribution in [0.4, 0.5) is 5.69 Å². The first-order chi connectivity index (χ1) is 12.1. The molecule has 5 nitrogen and oxygen atoms in total. The topological polar surface area (TPSA) is 73.6 Å². The second-order valence-corrected chi connectivity index (χ2v) is 5.94. The van der Waals surface area contributed by atoms with Gasteiger partial charge in [-0.1, -0.05) is 41.9 Å². The number of nitrogens with two attached hydrogens (primary N) is 1. The number of halogens is 2. The smallest absolute Gasteiger partial charge is 0.255 e. The van der Waals surface area contributed by atoms with Crippen molar-refractivity contribution in [2.45, 2.75) is 12.8 Å². The Morgan fingerprint density at radius 1 is 1.19 bits per heavy atom. The maximum absolute atomic E-state index is 12.2. The summed E-state index contributed by atoms with van der Waals surface area (Å²) in [6, 6.07) is 13.2. The summed E-state index contributed by atoms with van der Waals surface area (Å²) in [7, 11) is 1.49. The van der Waals surface area contributed by atoms with Crippen molar-refractivity contribution in [1.82, 2.24) is 5.32 Å². The molecule has 0 heterocycles. The van der Waals surface area contributed by atoms with Crippen molar-refractivity contribution in [3.8, 4) is 5.75 Å². The van der Waals surface area contributed by atoms with Gasteiger partial charge in [-0.25, -0.2) is 0 Å². The third-order valence-corrected chi connectivity index (χ3v) is 4.02. The fourth-order valence-corrected chi connectivity index (χ4v) is 2.49. The molecule has 0 atom stereocenters. The Balaban J connectivity index is 0.00000338. The van der Waals surface area contributed by atoms with Crippen LogP contribution in [0.15, 0.2) is 42.5 Å². The fourth-order valence-electron chi connectivity index (χ4n) is 2.32. The summed E-state index contributed by atoms with van der Waals surface area (Å²) in [5, 5.41) is 3.16. The van der Waals surface area contributed by atoms with Crippen molar-refractivity contribution in [1.29, 1.82) is 0 Å². The molecule has 0 bridgehead atoms. The van der Waals surface area contributed by atoms with Crippen LogP contribution in [0.2, 0.25) is 5.02 Å². The second-order valence-electron chi connectivity index (χ2n) is 5.53. The first-order valence-corrected chi connectivity index (χ1v) is 8.52. The van der Waals surface area contributed by atoms with E-state index in [-0.39, 0.29) is 18.3 Å². The molecule has 0 aliphatic rings. The van der Waals surface area contributed by atoms with Crippen molar-refractivity contribution >= 4 is 35.6 Å². The largest absolute Gasteiger partial charge is 0.496 e. The van der Waals surface area contributed by atoms with Crippen LogP contribution >= 0.6 is 24.0 Å². The van der Waals surface area contributed by atoms with Crippen LogP contribution < -0.4 is 15.8 Å². The molecule has 2 aromatic carbocycles. The molecule has 0 saturated heterocycles. The molecule has 7 heteroatoms. The molecule has 0 aromatic heterocycles. The third kappa shape index (κ3) is 6.75. The lowest BCUT2D eigenvalue weighted by atomic mass is 10.1. The molecule has 3 N–H and O–H groups in total. The minimum absolute atomic E-state index is 0. The number of carbonyl (C=O) groups excluding carboxylic acids is 1. The maximum atomic E-state index is 12.2. The van der Waals surface area contributed by atoms with Gasteiger partial charge >= 0.3 is 0 Å². The van der Waals surface area contributed by atoms with E-state index in [2.05, 4.69) is 17.4 Å².